The van der Waals surface area contributed by atoms with Crippen molar-refractivity contribution in [1.29, 1.82) is 0 Å². The summed E-state index contributed by atoms with van der Waals surface area (Å²) in [4.78, 5) is 24.3. The minimum Gasteiger partial charge on any atom is -0.493 e. The molecule has 1 N–H and O–H groups in total. The number of ether oxygens (including phenoxy) is 2. The molecule has 1 heterocycles. The van der Waals surface area contributed by atoms with Crippen LogP contribution in [-0.4, -0.2) is 24.7 Å². The summed E-state index contributed by atoms with van der Waals surface area (Å²) in [5, 5.41) is 2.76. The number of pyridine rings is 1. The highest BCUT2D eigenvalue weighted by Crippen LogP contribution is 2.30. The zero-order chi connectivity index (χ0) is 17.0. The van der Waals surface area contributed by atoms with Crippen LogP contribution in [0.25, 0.3) is 0 Å². The van der Waals surface area contributed by atoms with Gasteiger partial charge < -0.3 is 19.4 Å². The van der Waals surface area contributed by atoms with Gasteiger partial charge in [-0.3, -0.25) is 9.59 Å². The number of hydrogen-bond acceptors (Lipinski definition) is 4. The van der Waals surface area contributed by atoms with Gasteiger partial charge in [-0.2, -0.15) is 0 Å². The topological polar surface area (TPSA) is 69.6 Å². The molecule has 0 saturated carbocycles. The standard InChI is InChI=1S/C16H17BrN2O4/c1-10(19-9-11(17)4-7-15(19)20)16(21)18-12-5-6-13(22-2)14(8-12)23-3/h4-10H,1-3H3,(H,18,21). The highest BCUT2D eigenvalue weighted by atomic mass is 79.9. The van der Waals surface area contributed by atoms with Gasteiger partial charge >= 0.3 is 0 Å². The molecule has 0 aliphatic carbocycles. The van der Waals surface area contributed by atoms with Crippen molar-refractivity contribution in [3.8, 4) is 11.5 Å². The summed E-state index contributed by atoms with van der Waals surface area (Å²) >= 11 is 3.29. The van der Waals surface area contributed by atoms with Crippen molar-refractivity contribution in [3.63, 3.8) is 0 Å². The van der Waals surface area contributed by atoms with E-state index in [9.17, 15) is 9.59 Å². The highest BCUT2D eigenvalue weighted by molar-refractivity contribution is 9.10. The third-order valence-corrected chi connectivity index (χ3v) is 3.82. The van der Waals surface area contributed by atoms with Crippen LogP contribution in [0.2, 0.25) is 0 Å². The predicted molar refractivity (Wildman–Crippen MR) is 91.3 cm³/mol. The molecule has 6 nitrogen and oxygen atoms in total. The normalized spacial score (nSPS) is 11.7. The van der Waals surface area contributed by atoms with Crippen LogP contribution in [0.15, 0.2) is 45.8 Å². The zero-order valence-electron chi connectivity index (χ0n) is 13.0. The molecule has 1 atom stereocenters. The zero-order valence-corrected chi connectivity index (χ0v) is 14.6. The molecule has 7 heteroatoms. The number of amides is 1. The molecule has 1 aromatic heterocycles. The first-order valence-electron chi connectivity index (χ1n) is 6.87. The van der Waals surface area contributed by atoms with E-state index in [-0.39, 0.29) is 11.5 Å². The Morgan fingerprint density at radius 2 is 1.87 bits per heavy atom. The fourth-order valence-corrected chi connectivity index (χ4v) is 2.42. The second-order valence-electron chi connectivity index (χ2n) is 4.83. The van der Waals surface area contributed by atoms with Crippen LogP contribution >= 0.6 is 15.9 Å². The van der Waals surface area contributed by atoms with Crippen molar-refractivity contribution in [2.45, 2.75) is 13.0 Å². The number of hydrogen-bond donors (Lipinski definition) is 1. The smallest absolute Gasteiger partial charge is 0.251 e. The lowest BCUT2D eigenvalue weighted by atomic mass is 10.2. The number of nitrogens with one attached hydrogen (secondary N) is 1. The van der Waals surface area contributed by atoms with Crippen LogP contribution in [-0.2, 0) is 4.79 Å². The summed E-state index contributed by atoms with van der Waals surface area (Å²) in [6, 6.07) is 7.45. The number of methoxy groups -OCH3 is 2. The lowest BCUT2D eigenvalue weighted by Crippen LogP contribution is -2.30. The predicted octanol–water partition coefficient (Wildman–Crippen LogP) is 2.83. The lowest BCUT2D eigenvalue weighted by Gasteiger charge is -2.16. The van der Waals surface area contributed by atoms with Gasteiger partial charge in [0.25, 0.3) is 5.56 Å². The Morgan fingerprint density at radius 1 is 1.17 bits per heavy atom. The van der Waals surface area contributed by atoms with Crippen LogP contribution in [0.1, 0.15) is 13.0 Å². The molecule has 122 valence electrons. The minimum absolute atomic E-state index is 0.247. The van der Waals surface area contributed by atoms with E-state index in [1.54, 1.807) is 37.4 Å². The molecule has 0 bridgehead atoms. The number of rotatable bonds is 5. The van der Waals surface area contributed by atoms with Crippen molar-refractivity contribution in [2.24, 2.45) is 0 Å². The van der Waals surface area contributed by atoms with E-state index in [1.165, 1.54) is 24.9 Å². The van der Waals surface area contributed by atoms with Gasteiger partial charge in [-0.1, -0.05) is 0 Å². The van der Waals surface area contributed by atoms with Gasteiger partial charge in [0.2, 0.25) is 5.91 Å². The van der Waals surface area contributed by atoms with E-state index in [1.807, 2.05) is 0 Å². The maximum atomic E-state index is 12.4. The average molecular weight is 381 g/mol. The summed E-state index contributed by atoms with van der Waals surface area (Å²) in [5.41, 5.74) is 0.311. The fraction of sp³-hybridized carbons (Fsp3) is 0.250. The monoisotopic (exact) mass is 380 g/mol. The number of carbonyl (C=O) groups is 1. The van der Waals surface area contributed by atoms with Crippen LogP contribution in [0, 0.1) is 0 Å². The van der Waals surface area contributed by atoms with E-state index < -0.39 is 6.04 Å². The first-order chi connectivity index (χ1) is 11.0. The van der Waals surface area contributed by atoms with E-state index in [0.29, 0.717) is 17.2 Å². The number of benzene rings is 1. The number of carbonyl (C=O) groups excluding carboxylic acids is 1. The van der Waals surface area contributed by atoms with Gasteiger partial charge in [-0.25, -0.2) is 0 Å². The van der Waals surface area contributed by atoms with E-state index in [0.717, 1.165) is 4.47 Å². The molecule has 0 radical (unpaired) electrons. The second-order valence-corrected chi connectivity index (χ2v) is 5.74. The SMILES string of the molecule is COc1ccc(NC(=O)C(C)n2cc(Br)ccc2=O)cc1OC. The molecule has 0 aliphatic heterocycles. The van der Waals surface area contributed by atoms with E-state index in [2.05, 4.69) is 21.2 Å². The number of aromatic nitrogens is 1. The molecule has 0 aliphatic rings. The van der Waals surface area contributed by atoms with Gasteiger partial charge in [0.15, 0.2) is 11.5 Å². The molecule has 23 heavy (non-hydrogen) atoms. The Bertz CT molecular complexity index is 773. The Hall–Kier alpha value is -2.28. The minimum atomic E-state index is -0.659. The van der Waals surface area contributed by atoms with Gasteiger partial charge in [-0.05, 0) is 41.1 Å². The molecule has 2 rings (SSSR count). The van der Waals surface area contributed by atoms with Crippen LogP contribution in [0.5, 0.6) is 11.5 Å². The molecular weight excluding hydrogens is 364 g/mol. The quantitative estimate of drug-likeness (QED) is 0.865. The van der Waals surface area contributed by atoms with Crippen molar-refractivity contribution in [3.05, 3.63) is 51.4 Å². The Labute approximate surface area is 142 Å². The summed E-state index contributed by atoms with van der Waals surface area (Å²) in [6.07, 6.45) is 1.58. The lowest BCUT2D eigenvalue weighted by molar-refractivity contribution is -0.118. The Balaban J connectivity index is 2.21. The van der Waals surface area contributed by atoms with Crippen LogP contribution < -0.4 is 20.3 Å². The molecular formula is C16H17BrN2O4. The van der Waals surface area contributed by atoms with Crippen LogP contribution in [0.4, 0.5) is 5.69 Å². The summed E-state index contributed by atoms with van der Waals surface area (Å²) in [5.74, 6) is 0.775. The molecule has 0 fully saturated rings. The van der Waals surface area contributed by atoms with Gasteiger partial charge in [0.1, 0.15) is 6.04 Å². The Morgan fingerprint density at radius 3 is 2.52 bits per heavy atom. The van der Waals surface area contributed by atoms with E-state index >= 15 is 0 Å². The van der Waals surface area contributed by atoms with Gasteiger partial charge in [0, 0.05) is 28.5 Å². The first-order valence-corrected chi connectivity index (χ1v) is 7.66. The Kier molecular flexibility index (Phi) is 5.44. The molecule has 1 unspecified atom stereocenters. The van der Waals surface area contributed by atoms with Crippen molar-refractivity contribution in [1.82, 2.24) is 4.57 Å². The third-order valence-electron chi connectivity index (χ3n) is 3.35. The van der Waals surface area contributed by atoms with Crippen LogP contribution in [0.3, 0.4) is 0 Å². The molecule has 0 saturated heterocycles. The number of halogens is 1. The first kappa shape index (κ1) is 17.1. The molecule has 2 aromatic rings. The second kappa shape index (κ2) is 7.32. The number of anilines is 1. The van der Waals surface area contributed by atoms with Crippen molar-refractivity contribution >= 4 is 27.5 Å². The summed E-state index contributed by atoms with van der Waals surface area (Å²) < 4.78 is 12.4. The third kappa shape index (κ3) is 3.92. The summed E-state index contributed by atoms with van der Waals surface area (Å²) in [7, 11) is 3.06. The van der Waals surface area contributed by atoms with Gasteiger partial charge in [-0.15, -0.1) is 0 Å². The number of nitrogens with zero attached hydrogens (tertiary/aromatic N) is 1. The summed E-state index contributed by atoms with van der Waals surface area (Å²) in [6.45, 7) is 1.66. The van der Waals surface area contributed by atoms with Crippen molar-refractivity contribution in [2.75, 3.05) is 19.5 Å². The molecule has 1 amide bonds. The molecule has 0 spiro atoms. The largest absolute Gasteiger partial charge is 0.493 e. The average Bonchev–Trinajstić information content (AvgIpc) is 2.56. The van der Waals surface area contributed by atoms with Gasteiger partial charge in [0.05, 0.1) is 14.2 Å². The fourth-order valence-electron chi connectivity index (χ4n) is 2.07. The van der Waals surface area contributed by atoms with Crippen molar-refractivity contribution < 1.29 is 14.3 Å². The maximum absolute atomic E-state index is 12.4. The highest BCUT2D eigenvalue weighted by Gasteiger charge is 2.17. The van der Waals surface area contributed by atoms with E-state index in [4.69, 9.17) is 9.47 Å². The molecule has 1 aromatic carbocycles. The maximum Gasteiger partial charge on any atom is 0.251 e.